The SMILES string of the molecule is CCCCCCOc1cc(N(CC)CC)ccc1C1(c2ccc(N(C)C)cc2)OC(=O)c2cccnc21. The third-order valence-corrected chi connectivity index (χ3v) is 7.13. The first-order valence-corrected chi connectivity index (χ1v) is 13.4. The Bertz CT molecular complexity index is 1200. The van der Waals surface area contributed by atoms with Gasteiger partial charge in [-0.2, -0.15) is 0 Å². The highest BCUT2D eigenvalue weighted by atomic mass is 16.6. The van der Waals surface area contributed by atoms with Crippen molar-refractivity contribution in [2.75, 3.05) is 43.6 Å². The molecule has 0 fully saturated rings. The van der Waals surface area contributed by atoms with Crippen molar-refractivity contribution in [2.24, 2.45) is 0 Å². The first kappa shape index (κ1) is 26.5. The smallest absolute Gasteiger partial charge is 0.341 e. The predicted molar refractivity (Wildman–Crippen MR) is 150 cm³/mol. The van der Waals surface area contributed by atoms with Gasteiger partial charge >= 0.3 is 5.97 Å². The minimum Gasteiger partial charge on any atom is -0.493 e. The van der Waals surface area contributed by atoms with Crippen molar-refractivity contribution in [3.05, 3.63) is 83.2 Å². The van der Waals surface area contributed by atoms with Gasteiger partial charge in [-0.3, -0.25) is 4.98 Å². The van der Waals surface area contributed by atoms with Gasteiger partial charge in [0.05, 0.1) is 12.2 Å². The second kappa shape index (κ2) is 11.7. The van der Waals surface area contributed by atoms with Gasteiger partial charge in [-0.05, 0) is 56.7 Å². The van der Waals surface area contributed by atoms with Crippen molar-refractivity contribution in [1.82, 2.24) is 4.98 Å². The van der Waals surface area contributed by atoms with Gasteiger partial charge in [-0.15, -0.1) is 0 Å². The van der Waals surface area contributed by atoms with Crippen molar-refractivity contribution >= 4 is 17.3 Å². The Kier molecular flexibility index (Phi) is 8.37. The van der Waals surface area contributed by atoms with Crippen LogP contribution in [0, 0.1) is 0 Å². The minimum absolute atomic E-state index is 0.374. The number of aromatic nitrogens is 1. The second-order valence-electron chi connectivity index (χ2n) is 9.67. The maximum atomic E-state index is 13.2. The van der Waals surface area contributed by atoms with E-state index < -0.39 is 5.60 Å². The summed E-state index contributed by atoms with van der Waals surface area (Å²) in [7, 11) is 4.02. The molecule has 0 N–H and O–H groups in total. The van der Waals surface area contributed by atoms with E-state index in [-0.39, 0.29) is 5.97 Å². The molecular weight excluding hydrogens is 462 g/mol. The molecule has 0 bridgehead atoms. The van der Waals surface area contributed by atoms with Crippen LogP contribution in [0.2, 0.25) is 0 Å². The molecule has 1 unspecified atom stereocenters. The van der Waals surface area contributed by atoms with Crippen LogP contribution in [-0.4, -0.2) is 44.7 Å². The van der Waals surface area contributed by atoms with Crippen LogP contribution in [-0.2, 0) is 10.3 Å². The lowest BCUT2D eigenvalue weighted by molar-refractivity contribution is 0.0235. The Labute approximate surface area is 221 Å². The van der Waals surface area contributed by atoms with Crippen molar-refractivity contribution in [3.63, 3.8) is 0 Å². The number of nitrogens with zero attached hydrogens (tertiary/aromatic N) is 3. The number of cyclic esters (lactones) is 1. The van der Waals surface area contributed by atoms with E-state index >= 15 is 0 Å². The van der Waals surface area contributed by atoms with Gasteiger partial charge in [0.1, 0.15) is 11.4 Å². The number of fused-ring (bicyclic) bond motifs is 1. The van der Waals surface area contributed by atoms with Gasteiger partial charge in [0.2, 0.25) is 5.60 Å². The van der Waals surface area contributed by atoms with Crippen molar-refractivity contribution in [3.8, 4) is 5.75 Å². The fourth-order valence-corrected chi connectivity index (χ4v) is 5.04. The molecule has 0 radical (unpaired) electrons. The maximum Gasteiger partial charge on any atom is 0.341 e. The summed E-state index contributed by atoms with van der Waals surface area (Å²) in [6.07, 6.45) is 6.18. The number of anilines is 2. The molecule has 1 aliphatic heterocycles. The Morgan fingerprint density at radius 1 is 0.919 bits per heavy atom. The van der Waals surface area contributed by atoms with Gasteiger partial charge in [-0.1, -0.05) is 38.3 Å². The second-order valence-corrected chi connectivity index (χ2v) is 9.67. The van der Waals surface area contributed by atoms with Gasteiger partial charge in [0.25, 0.3) is 0 Å². The van der Waals surface area contributed by atoms with Crippen molar-refractivity contribution in [1.29, 1.82) is 0 Å². The van der Waals surface area contributed by atoms with Crippen LogP contribution in [0.25, 0.3) is 0 Å². The molecule has 0 saturated heterocycles. The molecule has 0 spiro atoms. The Hall–Kier alpha value is -3.54. The number of ether oxygens (including phenoxy) is 2. The number of benzene rings is 2. The quantitative estimate of drug-likeness (QED) is 0.211. The highest BCUT2D eigenvalue weighted by Gasteiger charge is 2.51. The van der Waals surface area contributed by atoms with E-state index in [9.17, 15) is 4.79 Å². The molecule has 1 atom stereocenters. The molecule has 3 aromatic rings. The summed E-state index contributed by atoms with van der Waals surface area (Å²) in [5.74, 6) is 0.352. The zero-order valence-corrected chi connectivity index (χ0v) is 22.8. The first-order valence-electron chi connectivity index (χ1n) is 13.4. The highest BCUT2D eigenvalue weighted by molar-refractivity contribution is 5.95. The number of rotatable bonds is 12. The lowest BCUT2D eigenvalue weighted by atomic mass is 9.82. The Balaban J connectivity index is 1.89. The zero-order chi connectivity index (χ0) is 26.4. The third kappa shape index (κ3) is 5.15. The molecule has 37 heavy (non-hydrogen) atoms. The fraction of sp³-hybridized carbons (Fsp3) is 0.419. The van der Waals surface area contributed by atoms with Crippen LogP contribution in [0.15, 0.2) is 60.8 Å². The summed E-state index contributed by atoms with van der Waals surface area (Å²) >= 11 is 0. The number of carbonyl (C=O) groups excluding carboxylic acids is 1. The van der Waals surface area contributed by atoms with E-state index in [0.717, 1.165) is 54.2 Å². The molecule has 4 rings (SSSR count). The Morgan fingerprint density at radius 2 is 1.65 bits per heavy atom. The van der Waals surface area contributed by atoms with Gasteiger partial charge in [0.15, 0.2) is 0 Å². The van der Waals surface area contributed by atoms with Gasteiger partial charge in [0, 0.05) is 61.9 Å². The van der Waals surface area contributed by atoms with Gasteiger partial charge < -0.3 is 19.3 Å². The molecule has 196 valence electrons. The van der Waals surface area contributed by atoms with E-state index in [4.69, 9.17) is 14.5 Å². The van der Waals surface area contributed by atoms with Crippen LogP contribution in [0.1, 0.15) is 73.6 Å². The standard InChI is InChI=1S/C31H39N3O3/c1-6-9-10-11-21-36-28-22-25(34(7-2)8-3)18-19-27(28)31(23-14-16-24(17-15-23)33(4)5)29-26(30(35)37-31)13-12-20-32-29/h12-20,22H,6-11,21H2,1-5H3. The third-order valence-electron chi connectivity index (χ3n) is 7.13. The molecule has 2 aromatic carbocycles. The van der Waals surface area contributed by atoms with E-state index in [1.54, 1.807) is 18.3 Å². The number of carbonyl (C=O) groups is 1. The molecule has 2 heterocycles. The minimum atomic E-state index is -1.20. The van der Waals surface area contributed by atoms with E-state index in [1.807, 2.05) is 49.3 Å². The average Bonchev–Trinajstić information content (AvgIpc) is 3.22. The van der Waals surface area contributed by atoms with Gasteiger partial charge in [-0.25, -0.2) is 4.79 Å². The normalized spacial score (nSPS) is 16.3. The number of hydrogen-bond acceptors (Lipinski definition) is 6. The lowest BCUT2D eigenvalue weighted by Crippen LogP contribution is -2.31. The number of unbranched alkanes of at least 4 members (excludes halogenated alkanes) is 3. The molecule has 0 amide bonds. The van der Waals surface area contributed by atoms with Crippen molar-refractivity contribution < 1.29 is 14.3 Å². The summed E-state index contributed by atoms with van der Waals surface area (Å²) in [6, 6.07) is 17.9. The molecule has 1 aliphatic rings. The molecule has 0 aliphatic carbocycles. The fourth-order valence-electron chi connectivity index (χ4n) is 5.04. The zero-order valence-electron chi connectivity index (χ0n) is 22.8. The predicted octanol–water partition coefficient (Wildman–Crippen LogP) is 6.42. The summed E-state index contributed by atoms with van der Waals surface area (Å²) in [5, 5.41) is 0. The Morgan fingerprint density at radius 3 is 2.32 bits per heavy atom. The summed E-state index contributed by atoms with van der Waals surface area (Å²) in [5.41, 5.74) is 3.68. The maximum absolute atomic E-state index is 13.2. The van der Waals surface area contributed by atoms with E-state index in [2.05, 4.69) is 37.8 Å². The lowest BCUT2D eigenvalue weighted by Gasteiger charge is -2.32. The van der Waals surface area contributed by atoms with Crippen LogP contribution >= 0.6 is 0 Å². The monoisotopic (exact) mass is 501 g/mol. The molecular formula is C31H39N3O3. The summed E-state index contributed by atoms with van der Waals surface area (Å²) in [4.78, 5) is 22.2. The molecule has 0 saturated carbocycles. The van der Waals surface area contributed by atoms with E-state index in [1.165, 1.54) is 12.8 Å². The summed E-state index contributed by atoms with van der Waals surface area (Å²) in [6.45, 7) is 8.89. The number of pyridine rings is 1. The average molecular weight is 502 g/mol. The largest absolute Gasteiger partial charge is 0.493 e. The molecule has 6 heteroatoms. The number of esters is 1. The summed E-state index contributed by atoms with van der Waals surface area (Å²) < 4.78 is 12.8. The topological polar surface area (TPSA) is 54.9 Å². The van der Waals surface area contributed by atoms with E-state index in [0.29, 0.717) is 17.9 Å². The van der Waals surface area contributed by atoms with Crippen LogP contribution < -0.4 is 14.5 Å². The van der Waals surface area contributed by atoms with Crippen molar-refractivity contribution in [2.45, 2.75) is 52.1 Å². The van der Waals surface area contributed by atoms with Crippen LogP contribution in [0.3, 0.4) is 0 Å². The number of hydrogen-bond donors (Lipinski definition) is 0. The molecule has 6 nitrogen and oxygen atoms in total. The van der Waals surface area contributed by atoms with Crippen LogP contribution in [0.4, 0.5) is 11.4 Å². The molecule has 1 aromatic heterocycles. The van der Waals surface area contributed by atoms with Crippen LogP contribution in [0.5, 0.6) is 5.75 Å². The highest BCUT2D eigenvalue weighted by Crippen LogP contribution is 2.49. The first-order chi connectivity index (χ1) is 18.0.